The number of rotatable bonds is 63. The lowest BCUT2D eigenvalue weighted by molar-refractivity contribution is -0.143. The Morgan fingerprint density at radius 3 is 1.03 bits per heavy atom. The van der Waals surface area contributed by atoms with Crippen molar-refractivity contribution in [2.45, 2.75) is 379 Å². The number of hydrogen-bond acceptors (Lipinski definition) is 5. The second-order valence-corrected chi connectivity index (χ2v) is 23.2. The molecule has 0 aromatic heterocycles. The van der Waals surface area contributed by atoms with Crippen LogP contribution in [0.15, 0.2) is 36.5 Å². The third-order valence-electron chi connectivity index (χ3n) is 15.7. The van der Waals surface area contributed by atoms with Gasteiger partial charge >= 0.3 is 5.97 Å². The summed E-state index contributed by atoms with van der Waals surface area (Å²) in [6.07, 6.45) is 82.1. The number of esters is 1. The Kier molecular flexibility index (Phi) is 63.0. The third-order valence-corrected chi connectivity index (χ3v) is 15.7. The average molecular weight is 1050 g/mol. The van der Waals surface area contributed by atoms with E-state index in [1.165, 1.54) is 289 Å². The van der Waals surface area contributed by atoms with E-state index in [9.17, 15) is 19.8 Å². The Hall–Kier alpha value is -1.92. The van der Waals surface area contributed by atoms with Gasteiger partial charge in [-0.2, -0.15) is 0 Å². The van der Waals surface area contributed by atoms with Crippen molar-refractivity contribution >= 4 is 11.9 Å². The van der Waals surface area contributed by atoms with E-state index in [-0.39, 0.29) is 18.5 Å². The molecule has 3 N–H and O–H groups in total. The van der Waals surface area contributed by atoms with Gasteiger partial charge in [-0.1, -0.05) is 326 Å². The number of allylic oxidation sites excluding steroid dienone is 5. The Bertz CT molecular complexity index is 1210. The molecule has 0 aromatic carbocycles. The lowest BCUT2D eigenvalue weighted by atomic mass is 10.0. The summed E-state index contributed by atoms with van der Waals surface area (Å²) in [7, 11) is 0. The first-order chi connectivity index (χ1) is 37.0. The summed E-state index contributed by atoms with van der Waals surface area (Å²) in [6, 6.07) is -0.626. The minimum absolute atomic E-state index is 0.00976. The van der Waals surface area contributed by atoms with E-state index < -0.39 is 12.1 Å². The van der Waals surface area contributed by atoms with Crippen LogP contribution in [-0.2, 0) is 14.3 Å². The molecule has 0 radical (unpaired) electrons. The molecule has 75 heavy (non-hydrogen) atoms. The zero-order valence-electron chi connectivity index (χ0n) is 50.5. The molecule has 2 atom stereocenters. The van der Waals surface area contributed by atoms with Crippen molar-refractivity contribution in [3.63, 3.8) is 0 Å². The van der Waals surface area contributed by atoms with Crippen molar-refractivity contribution < 1.29 is 24.5 Å². The molecule has 1 amide bonds. The van der Waals surface area contributed by atoms with Crippen molar-refractivity contribution in [3.8, 4) is 0 Å². The summed E-state index contributed by atoms with van der Waals surface area (Å²) in [6.45, 7) is 4.90. The van der Waals surface area contributed by atoms with Crippen LogP contribution in [0.1, 0.15) is 367 Å². The first-order valence-electron chi connectivity index (χ1n) is 33.8. The van der Waals surface area contributed by atoms with Crippen LogP contribution in [0.25, 0.3) is 0 Å². The van der Waals surface area contributed by atoms with Crippen LogP contribution in [0.3, 0.4) is 0 Å². The Morgan fingerprint density at radius 2 is 0.667 bits per heavy atom. The molecule has 0 aliphatic carbocycles. The number of carbonyl (C=O) groups excluding carboxylic acids is 2. The fraction of sp³-hybridized carbons (Fsp3) is 0.884. The Labute approximate surface area is 468 Å². The summed E-state index contributed by atoms with van der Waals surface area (Å²) in [5.41, 5.74) is 0. The van der Waals surface area contributed by atoms with E-state index in [4.69, 9.17) is 4.74 Å². The number of hydrogen-bond donors (Lipinski definition) is 3. The van der Waals surface area contributed by atoms with Gasteiger partial charge < -0.3 is 20.3 Å². The molecule has 0 aromatic rings. The smallest absolute Gasteiger partial charge is 0.305 e. The van der Waals surface area contributed by atoms with Crippen LogP contribution < -0.4 is 5.32 Å². The zero-order valence-corrected chi connectivity index (χ0v) is 50.5. The van der Waals surface area contributed by atoms with Crippen LogP contribution in [0, 0.1) is 0 Å². The number of ether oxygens (including phenoxy) is 1. The second kappa shape index (κ2) is 64.6. The highest BCUT2D eigenvalue weighted by Gasteiger charge is 2.18. The van der Waals surface area contributed by atoms with Crippen molar-refractivity contribution in [1.82, 2.24) is 5.32 Å². The van der Waals surface area contributed by atoms with E-state index in [1.807, 2.05) is 6.08 Å². The number of carbonyl (C=O) groups is 2. The van der Waals surface area contributed by atoms with E-state index in [2.05, 4.69) is 43.5 Å². The molecule has 442 valence electrons. The fourth-order valence-corrected chi connectivity index (χ4v) is 10.5. The van der Waals surface area contributed by atoms with Crippen LogP contribution in [0.2, 0.25) is 0 Å². The van der Waals surface area contributed by atoms with E-state index in [0.717, 1.165) is 51.4 Å². The maximum atomic E-state index is 12.5. The SMILES string of the molecule is CCCCCC/C=C\C/C=C\CCCCCCCCCC(=O)OCCCCCCCCCCCCCCCCCCCCCCCCCCCCC(=O)NC(CO)C(O)/C=C/CCCCCCCCCCCCCC. The highest BCUT2D eigenvalue weighted by molar-refractivity contribution is 5.76. The lowest BCUT2D eigenvalue weighted by Gasteiger charge is -2.20. The van der Waals surface area contributed by atoms with Gasteiger partial charge in [-0.25, -0.2) is 0 Å². The first kappa shape index (κ1) is 73.1. The van der Waals surface area contributed by atoms with Gasteiger partial charge in [0.2, 0.25) is 5.91 Å². The Balaban J connectivity index is 3.36. The highest BCUT2D eigenvalue weighted by Crippen LogP contribution is 2.18. The maximum absolute atomic E-state index is 12.5. The molecule has 2 unspecified atom stereocenters. The quantitative estimate of drug-likeness (QED) is 0.0320. The van der Waals surface area contributed by atoms with Gasteiger partial charge in [0.1, 0.15) is 0 Å². The monoisotopic (exact) mass is 1050 g/mol. The van der Waals surface area contributed by atoms with Gasteiger partial charge in [-0.15, -0.1) is 0 Å². The van der Waals surface area contributed by atoms with Crippen molar-refractivity contribution in [3.05, 3.63) is 36.5 Å². The molecular weight excluding hydrogens is 923 g/mol. The summed E-state index contributed by atoms with van der Waals surface area (Å²) in [4.78, 5) is 24.6. The summed E-state index contributed by atoms with van der Waals surface area (Å²) in [5.74, 6) is -0.0546. The average Bonchev–Trinajstić information content (AvgIpc) is 3.41. The van der Waals surface area contributed by atoms with Crippen molar-refractivity contribution in [2.24, 2.45) is 0 Å². The summed E-state index contributed by atoms with van der Waals surface area (Å²) in [5, 5.41) is 23.1. The van der Waals surface area contributed by atoms with Gasteiger partial charge in [0, 0.05) is 12.8 Å². The first-order valence-corrected chi connectivity index (χ1v) is 33.8. The van der Waals surface area contributed by atoms with Crippen LogP contribution in [0.5, 0.6) is 0 Å². The third kappa shape index (κ3) is 61.2. The van der Waals surface area contributed by atoms with Gasteiger partial charge in [-0.05, 0) is 64.2 Å². The van der Waals surface area contributed by atoms with Crippen LogP contribution in [-0.4, -0.2) is 47.4 Å². The Morgan fingerprint density at radius 1 is 0.373 bits per heavy atom. The molecular formula is C69H131NO5. The van der Waals surface area contributed by atoms with E-state index in [1.54, 1.807) is 6.08 Å². The largest absolute Gasteiger partial charge is 0.466 e. The van der Waals surface area contributed by atoms with E-state index >= 15 is 0 Å². The molecule has 0 saturated carbocycles. The van der Waals surface area contributed by atoms with Gasteiger partial charge in [0.25, 0.3) is 0 Å². The molecule has 6 heteroatoms. The predicted octanol–water partition coefficient (Wildman–Crippen LogP) is 21.5. The molecule has 0 fully saturated rings. The predicted molar refractivity (Wildman–Crippen MR) is 329 cm³/mol. The topological polar surface area (TPSA) is 95.9 Å². The number of amides is 1. The number of aliphatic hydroxyl groups excluding tert-OH is 2. The molecule has 0 heterocycles. The number of unbranched alkanes of at least 4 members (excludes halogenated alkanes) is 48. The van der Waals surface area contributed by atoms with Crippen molar-refractivity contribution in [2.75, 3.05) is 13.2 Å². The van der Waals surface area contributed by atoms with Gasteiger partial charge in [0.15, 0.2) is 0 Å². The zero-order chi connectivity index (χ0) is 54.3. The lowest BCUT2D eigenvalue weighted by Crippen LogP contribution is -2.45. The molecule has 6 nitrogen and oxygen atoms in total. The standard InChI is InChI=1S/C69H131NO5/c1-3-5-7-9-11-13-15-17-19-20-32-35-39-43-47-51-55-59-63-69(74)75-64-60-56-52-48-44-40-36-33-30-28-26-24-22-21-23-25-27-29-31-34-38-42-46-50-54-58-62-68(73)70-66(65-71)67(72)61-57-53-49-45-41-37-18-16-14-12-10-8-6-4-2/h13,15,19-20,57,61,66-67,71-72H,3-12,14,16-18,21-56,58-60,62-65H2,1-2H3,(H,70,73)/b15-13-,20-19-,61-57+. The van der Waals surface area contributed by atoms with Gasteiger partial charge in [-0.3, -0.25) is 9.59 Å². The van der Waals surface area contributed by atoms with Crippen LogP contribution >= 0.6 is 0 Å². The van der Waals surface area contributed by atoms with E-state index in [0.29, 0.717) is 19.4 Å². The van der Waals surface area contributed by atoms with Gasteiger partial charge in [0.05, 0.1) is 25.4 Å². The molecule has 0 aliphatic heterocycles. The summed E-state index contributed by atoms with van der Waals surface area (Å²) < 4.78 is 5.50. The second-order valence-electron chi connectivity index (χ2n) is 23.2. The number of aliphatic hydroxyl groups is 2. The highest BCUT2D eigenvalue weighted by atomic mass is 16.5. The molecule has 0 spiro atoms. The molecule has 0 rings (SSSR count). The maximum Gasteiger partial charge on any atom is 0.305 e. The van der Waals surface area contributed by atoms with Crippen molar-refractivity contribution in [1.29, 1.82) is 0 Å². The van der Waals surface area contributed by atoms with Crippen LogP contribution in [0.4, 0.5) is 0 Å². The minimum atomic E-state index is -0.842. The molecule has 0 saturated heterocycles. The normalized spacial score (nSPS) is 12.7. The fourth-order valence-electron chi connectivity index (χ4n) is 10.5. The molecule has 0 bridgehead atoms. The minimum Gasteiger partial charge on any atom is -0.466 e. The number of nitrogens with one attached hydrogen (secondary N) is 1. The molecule has 0 aliphatic rings. The summed E-state index contributed by atoms with van der Waals surface area (Å²) >= 11 is 0.